The maximum atomic E-state index is 11.6. The smallest absolute Gasteiger partial charge is 0.305 e. The molecule has 0 atom stereocenters. The third-order valence-electron chi connectivity index (χ3n) is 5.07. The highest BCUT2D eigenvalue weighted by Crippen LogP contribution is 2.13. The number of hydrogen-bond acceptors (Lipinski definition) is 4. The molecule has 0 aliphatic rings. The zero-order valence-corrected chi connectivity index (χ0v) is 21.2. The van der Waals surface area contributed by atoms with E-state index in [1.54, 1.807) is 0 Å². The topological polar surface area (TPSA) is 44.8 Å². The molecular weight excluding hydrogens is 479 g/mol. The molecule has 0 spiro atoms. The fourth-order valence-corrected chi connectivity index (χ4v) is 3.62. The summed E-state index contributed by atoms with van der Waals surface area (Å²) in [6, 6.07) is 0. The van der Waals surface area contributed by atoms with E-state index in [4.69, 9.17) is 14.2 Å². The van der Waals surface area contributed by atoms with Crippen LogP contribution in [0, 0.1) is 0 Å². The first-order valence-electron chi connectivity index (χ1n) is 12.2. The van der Waals surface area contributed by atoms with Crippen LogP contribution in [0.1, 0.15) is 110 Å². The van der Waals surface area contributed by atoms with E-state index in [0.717, 1.165) is 23.9 Å². The second-order valence-electron chi connectivity index (χ2n) is 7.83. The summed E-state index contributed by atoms with van der Waals surface area (Å²) in [5, 5.41) is 0. The van der Waals surface area contributed by atoms with Crippen molar-refractivity contribution in [3.63, 3.8) is 0 Å². The number of alkyl halides is 1. The molecule has 0 heterocycles. The number of esters is 1. The molecule has 174 valence electrons. The van der Waals surface area contributed by atoms with Crippen LogP contribution in [-0.2, 0) is 19.0 Å². The maximum Gasteiger partial charge on any atom is 0.305 e. The zero-order valence-electron chi connectivity index (χ0n) is 19.1. The quantitative estimate of drug-likeness (QED) is 0.0575. The van der Waals surface area contributed by atoms with Gasteiger partial charge in [0.25, 0.3) is 0 Å². The Morgan fingerprint density at radius 3 is 1.48 bits per heavy atom. The molecule has 0 unspecified atom stereocenters. The molecule has 0 aliphatic carbocycles. The van der Waals surface area contributed by atoms with Gasteiger partial charge in [0.15, 0.2) is 0 Å². The zero-order chi connectivity index (χ0) is 21.3. The van der Waals surface area contributed by atoms with E-state index in [-0.39, 0.29) is 5.97 Å². The van der Waals surface area contributed by atoms with Crippen LogP contribution in [0.25, 0.3) is 0 Å². The first-order chi connectivity index (χ1) is 14.3. The Labute approximate surface area is 194 Å². The average molecular weight is 527 g/mol. The van der Waals surface area contributed by atoms with Crippen molar-refractivity contribution in [1.29, 1.82) is 0 Å². The Morgan fingerprint density at radius 2 is 1.00 bits per heavy atom. The van der Waals surface area contributed by atoms with Crippen molar-refractivity contribution in [2.75, 3.05) is 37.5 Å². The van der Waals surface area contributed by atoms with Gasteiger partial charge >= 0.3 is 5.97 Å². The summed E-state index contributed by atoms with van der Waals surface area (Å²) in [6.45, 7) is 5.02. The van der Waals surface area contributed by atoms with E-state index >= 15 is 0 Å². The Hall–Kier alpha value is 0.120. The molecule has 5 heteroatoms. The van der Waals surface area contributed by atoms with E-state index in [0.29, 0.717) is 32.8 Å². The van der Waals surface area contributed by atoms with Crippen molar-refractivity contribution < 1.29 is 19.0 Å². The van der Waals surface area contributed by atoms with Crippen LogP contribution < -0.4 is 0 Å². The molecule has 0 radical (unpaired) electrons. The lowest BCUT2D eigenvalue weighted by Crippen LogP contribution is -2.13. The number of hydrogen-bond donors (Lipinski definition) is 0. The van der Waals surface area contributed by atoms with Gasteiger partial charge in [0, 0.05) is 10.8 Å². The van der Waals surface area contributed by atoms with E-state index in [2.05, 4.69) is 29.5 Å². The normalized spacial score (nSPS) is 11.1. The van der Waals surface area contributed by atoms with Crippen LogP contribution in [0.2, 0.25) is 0 Å². The predicted octanol–water partition coefficient (Wildman–Crippen LogP) is 7.26. The highest BCUT2D eigenvalue weighted by molar-refractivity contribution is 14.1. The average Bonchev–Trinajstić information content (AvgIpc) is 2.72. The number of carbonyl (C=O) groups is 1. The molecule has 0 amide bonds. The monoisotopic (exact) mass is 526 g/mol. The number of carbonyl (C=O) groups excluding carboxylic acids is 1. The molecular formula is C24H47IO4. The fraction of sp³-hybridized carbons (Fsp3) is 0.958. The van der Waals surface area contributed by atoms with Crippen LogP contribution in [-0.4, -0.2) is 43.4 Å². The van der Waals surface area contributed by atoms with Gasteiger partial charge in [0.05, 0.1) is 26.4 Å². The molecule has 0 aromatic heterocycles. The predicted molar refractivity (Wildman–Crippen MR) is 131 cm³/mol. The van der Waals surface area contributed by atoms with Gasteiger partial charge in [-0.3, -0.25) is 4.79 Å². The third kappa shape index (κ3) is 26.1. The molecule has 29 heavy (non-hydrogen) atoms. The minimum Gasteiger partial charge on any atom is -0.463 e. The highest BCUT2D eigenvalue weighted by Gasteiger charge is 2.02. The van der Waals surface area contributed by atoms with Gasteiger partial charge in [0.1, 0.15) is 6.61 Å². The minimum atomic E-state index is -0.0931. The van der Waals surface area contributed by atoms with Gasteiger partial charge in [-0.25, -0.2) is 0 Å². The molecule has 0 saturated heterocycles. The molecule has 0 bridgehead atoms. The molecule has 0 N–H and O–H groups in total. The molecule has 4 nitrogen and oxygen atoms in total. The van der Waals surface area contributed by atoms with E-state index in [1.807, 2.05) is 0 Å². The Bertz CT molecular complexity index is 326. The first-order valence-corrected chi connectivity index (χ1v) is 13.7. The van der Waals surface area contributed by atoms with Crippen molar-refractivity contribution in [1.82, 2.24) is 0 Å². The number of ether oxygens (including phenoxy) is 3. The van der Waals surface area contributed by atoms with Gasteiger partial charge < -0.3 is 14.2 Å². The summed E-state index contributed by atoms with van der Waals surface area (Å²) < 4.78 is 16.8. The molecule has 0 saturated carbocycles. The largest absolute Gasteiger partial charge is 0.463 e. The summed E-state index contributed by atoms with van der Waals surface area (Å²) >= 11 is 2.28. The van der Waals surface area contributed by atoms with Crippen LogP contribution in [0.4, 0.5) is 0 Å². The molecule has 0 rings (SSSR count). The number of unbranched alkanes of at least 4 members (excludes halogenated alkanes) is 14. The molecule has 0 aromatic carbocycles. The SMILES string of the molecule is CCCCCCCCCCCCCCCCCC(=O)OCCOCCOCCI. The van der Waals surface area contributed by atoms with Gasteiger partial charge in [0.2, 0.25) is 0 Å². The Morgan fingerprint density at radius 1 is 0.586 bits per heavy atom. The fourth-order valence-electron chi connectivity index (χ4n) is 3.30. The summed E-state index contributed by atoms with van der Waals surface area (Å²) in [6.07, 6.45) is 20.6. The lowest BCUT2D eigenvalue weighted by molar-refractivity contribution is -0.145. The summed E-state index contributed by atoms with van der Waals surface area (Å²) in [5.41, 5.74) is 0. The number of halogens is 1. The van der Waals surface area contributed by atoms with Gasteiger partial charge in [-0.15, -0.1) is 0 Å². The van der Waals surface area contributed by atoms with Crippen molar-refractivity contribution in [2.24, 2.45) is 0 Å². The van der Waals surface area contributed by atoms with Crippen molar-refractivity contribution >= 4 is 28.6 Å². The lowest BCUT2D eigenvalue weighted by Gasteiger charge is -2.06. The Balaban J connectivity index is 3.12. The van der Waals surface area contributed by atoms with Crippen LogP contribution >= 0.6 is 22.6 Å². The standard InChI is InChI=1S/C24H47IO4/c1-2-3-4-5-6-7-8-9-10-11-12-13-14-15-16-17-24(26)29-23-22-28-21-20-27-19-18-25/h2-23H2,1H3. The van der Waals surface area contributed by atoms with Gasteiger partial charge in [-0.1, -0.05) is 119 Å². The summed E-state index contributed by atoms with van der Waals surface area (Å²) in [4.78, 5) is 11.6. The van der Waals surface area contributed by atoms with Crippen molar-refractivity contribution in [2.45, 2.75) is 110 Å². The third-order valence-corrected chi connectivity index (χ3v) is 5.51. The second-order valence-corrected chi connectivity index (χ2v) is 8.91. The van der Waals surface area contributed by atoms with E-state index in [9.17, 15) is 4.79 Å². The van der Waals surface area contributed by atoms with Crippen LogP contribution in [0.15, 0.2) is 0 Å². The lowest BCUT2D eigenvalue weighted by atomic mass is 10.0. The van der Waals surface area contributed by atoms with E-state index < -0.39 is 0 Å². The molecule has 0 fully saturated rings. The number of rotatable bonds is 24. The van der Waals surface area contributed by atoms with E-state index in [1.165, 1.54) is 83.5 Å². The first kappa shape index (κ1) is 29.1. The van der Waals surface area contributed by atoms with Crippen LogP contribution in [0.3, 0.4) is 0 Å². The molecule has 0 aromatic rings. The second kappa shape index (κ2) is 26.2. The van der Waals surface area contributed by atoms with Crippen molar-refractivity contribution in [3.05, 3.63) is 0 Å². The van der Waals surface area contributed by atoms with Crippen molar-refractivity contribution in [3.8, 4) is 0 Å². The minimum absolute atomic E-state index is 0.0931. The molecule has 0 aliphatic heterocycles. The highest BCUT2D eigenvalue weighted by atomic mass is 127. The van der Waals surface area contributed by atoms with Crippen LogP contribution in [0.5, 0.6) is 0 Å². The summed E-state index contributed by atoms with van der Waals surface area (Å²) in [5.74, 6) is -0.0931. The van der Waals surface area contributed by atoms with Gasteiger partial charge in [-0.05, 0) is 6.42 Å². The Kier molecular flexibility index (Phi) is 26.3. The van der Waals surface area contributed by atoms with Gasteiger partial charge in [-0.2, -0.15) is 0 Å². The maximum absolute atomic E-state index is 11.6. The summed E-state index contributed by atoms with van der Waals surface area (Å²) in [7, 11) is 0.